The van der Waals surface area contributed by atoms with E-state index in [1.807, 2.05) is 0 Å². The molecule has 0 amide bonds. The lowest BCUT2D eigenvalue weighted by Gasteiger charge is -2.31. The number of ether oxygens (including phenoxy) is 1. The van der Waals surface area contributed by atoms with E-state index in [0.29, 0.717) is 0 Å². The molecule has 2 unspecified atom stereocenters. The molecule has 0 aliphatic heterocycles. The maximum Gasteiger partial charge on any atom is 0.381 e. The highest BCUT2D eigenvalue weighted by Gasteiger charge is 2.75. The van der Waals surface area contributed by atoms with Gasteiger partial charge in [0.1, 0.15) is 5.92 Å². The molecule has 0 spiro atoms. The zero-order chi connectivity index (χ0) is 17.5. The van der Waals surface area contributed by atoms with Crippen molar-refractivity contribution >= 4 is 5.97 Å². The Bertz CT molecular complexity index is 469. The molecule has 1 aliphatic rings. The molecule has 1 fully saturated rings. The third-order valence-corrected chi connectivity index (χ3v) is 2.88. The molecule has 0 radical (unpaired) electrons. The van der Waals surface area contributed by atoms with Crippen LogP contribution in [0.3, 0.4) is 0 Å². The van der Waals surface area contributed by atoms with Crippen LogP contribution in [0.5, 0.6) is 0 Å². The zero-order valence-corrected chi connectivity index (χ0v) is 10.3. The number of alkyl halides is 8. The van der Waals surface area contributed by atoms with Crippen LogP contribution in [0.1, 0.15) is 6.42 Å². The lowest BCUT2D eigenvalue weighted by molar-refractivity contribution is -0.497. The van der Waals surface area contributed by atoms with Crippen LogP contribution in [-0.4, -0.2) is 47.7 Å². The summed E-state index contributed by atoms with van der Waals surface area (Å²) in [6.45, 7) is -2.61. The largest absolute Gasteiger partial charge is 0.459 e. The van der Waals surface area contributed by atoms with Gasteiger partial charge in [-0.1, -0.05) is 0 Å². The minimum Gasteiger partial charge on any atom is -0.459 e. The highest BCUT2D eigenvalue weighted by atomic mass is 19.4. The normalized spacial score (nSPS) is 22.6. The average Bonchev–Trinajstić information content (AvgIpc) is 3.15. The van der Waals surface area contributed by atoms with Crippen LogP contribution >= 0.6 is 0 Å². The molecule has 0 saturated heterocycles. The van der Waals surface area contributed by atoms with Gasteiger partial charge in [-0.2, -0.15) is 26.3 Å². The summed E-state index contributed by atoms with van der Waals surface area (Å²) >= 11 is 0. The van der Waals surface area contributed by atoms with Gasteiger partial charge in [0.25, 0.3) is 0 Å². The van der Waals surface area contributed by atoms with Crippen molar-refractivity contribution in [2.45, 2.75) is 36.7 Å². The Morgan fingerprint density at radius 3 is 2.09 bits per heavy atom. The fourth-order valence-corrected chi connectivity index (χ4v) is 1.41. The first kappa shape index (κ1) is 18.4. The second-order valence-electron chi connectivity index (χ2n) is 4.51. The summed E-state index contributed by atoms with van der Waals surface area (Å²) in [6, 6.07) is -1.44. The van der Waals surface area contributed by atoms with E-state index in [1.165, 1.54) is 0 Å². The molecule has 2 atom stereocenters. The fraction of sp³-hybridized carbons (Fsp3) is 0.889. The van der Waals surface area contributed by atoms with Crippen LogP contribution in [0.25, 0.3) is 0 Å². The van der Waals surface area contributed by atoms with Gasteiger partial charge in [-0.3, -0.25) is 14.9 Å². The summed E-state index contributed by atoms with van der Waals surface area (Å²) in [5.41, 5.74) is 0. The molecule has 0 aromatic carbocycles. The maximum atomic E-state index is 13.0. The molecule has 128 valence electrons. The van der Waals surface area contributed by atoms with Crippen molar-refractivity contribution in [2.24, 2.45) is 5.92 Å². The van der Waals surface area contributed by atoms with E-state index < -0.39 is 53.7 Å². The Morgan fingerprint density at radius 2 is 1.73 bits per heavy atom. The van der Waals surface area contributed by atoms with Gasteiger partial charge in [-0.25, -0.2) is 8.78 Å². The molecular formula is C9H7F8NO4. The van der Waals surface area contributed by atoms with Crippen LogP contribution in [0.2, 0.25) is 0 Å². The Labute approximate surface area is 116 Å². The molecule has 22 heavy (non-hydrogen) atoms. The quantitative estimate of drug-likeness (QED) is 0.307. The monoisotopic (exact) mass is 345 g/mol. The number of halogens is 8. The van der Waals surface area contributed by atoms with Crippen LogP contribution in [-0.2, 0) is 9.53 Å². The Hall–Kier alpha value is -1.69. The lowest BCUT2D eigenvalue weighted by atomic mass is 10.1. The van der Waals surface area contributed by atoms with Gasteiger partial charge >= 0.3 is 30.2 Å². The Balaban J connectivity index is 2.71. The third kappa shape index (κ3) is 3.06. The first-order valence-corrected chi connectivity index (χ1v) is 5.47. The number of hydrogen-bond acceptors (Lipinski definition) is 4. The molecule has 1 aliphatic carbocycles. The number of hydrogen-bond donors (Lipinski definition) is 0. The summed E-state index contributed by atoms with van der Waals surface area (Å²) in [5, 5.41) is 10.2. The van der Waals surface area contributed by atoms with Gasteiger partial charge in [-0.05, 0) is 0 Å². The molecular weight excluding hydrogens is 338 g/mol. The van der Waals surface area contributed by atoms with Crippen molar-refractivity contribution < 1.29 is 49.6 Å². The Kier molecular flexibility index (Phi) is 4.59. The van der Waals surface area contributed by atoms with Gasteiger partial charge in [0.2, 0.25) is 6.04 Å². The minimum absolute atomic E-state index is 0.388. The highest BCUT2D eigenvalue weighted by molar-refractivity contribution is 5.76. The van der Waals surface area contributed by atoms with Crippen molar-refractivity contribution in [1.82, 2.24) is 0 Å². The first-order chi connectivity index (χ1) is 9.75. The van der Waals surface area contributed by atoms with E-state index in [-0.39, 0.29) is 6.42 Å². The molecule has 13 heteroatoms. The van der Waals surface area contributed by atoms with Crippen molar-refractivity contribution in [3.63, 3.8) is 0 Å². The second-order valence-corrected chi connectivity index (χ2v) is 4.51. The van der Waals surface area contributed by atoms with E-state index in [0.717, 1.165) is 0 Å². The molecule has 0 bridgehead atoms. The van der Waals surface area contributed by atoms with E-state index in [4.69, 9.17) is 0 Å². The molecule has 0 N–H and O–H groups in total. The fourth-order valence-electron chi connectivity index (χ4n) is 1.41. The lowest BCUT2D eigenvalue weighted by Crippen LogP contribution is -2.59. The molecule has 0 heterocycles. The number of esters is 1. The SMILES string of the molecule is O=C(OCC(F)(F)C(F)(F)C(F)(F)C(F)F)C1CC1[N+](=O)[O-]. The number of carbonyl (C=O) groups excluding carboxylic acids is 1. The molecule has 1 rings (SSSR count). The second kappa shape index (κ2) is 5.50. The summed E-state index contributed by atoms with van der Waals surface area (Å²) in [5.74, 6) is -21.8. The summed E-state index contributed by atoms with van der Waals surface area (Å²) in [6.07, 6.45) is -5.47. The van der Waals surface area contributed by atoms with Gasteiger partial charge in [0.15, 0.2) is 6.61 Å². The minimum atomic E-state index is -6.49. The summed E-state index contributed by atoms with van der Waals surface area (Å²) < 4.78 is 104. The van der Waals surface area contributed by atoms with E-state index in [1.54, 1.807) is 0 Å². The van der Waals surface area contributed by atoms with Crippen molar-refractivity contribution in [3.05, 3.63) is 10.1 Å². The number of carbonyl (C=O) groups is 1. The van der Waals surface area contributed by atoms with Gasteiger partial charge in [0.05, 0.1) is 0 Å². The van der Waals surface area contributed by atoms with Gasteiger partial charge in [0, 0.05) is 11.3 Å². The summed E-state index contributed by atoms with van der Waals surface area (Å²) in [4.78, 5) is 20.3. The third-order valence-electron chi connectivity index (χ3n) is 2.88. The highest BCUT2D eigenvalue weighted by Crippen LogP contribution is 2.48. The van der Waals surface area contributed by atoms with Crippen molar-refractivity contribution in [2.75, 3.05) is 6.61 Å². The van der Waals surface area contributed by atoms with Crippen LogP contribution < -0.4 is 0 Å². The number of nitro groups is 1. The van der Waals surface area contributed by atoms with Crippen molar-refractivity contribution in [1.29, 1.82) is 0 Å². The van der Waals surface area contributed by atoms with Gasteiger partial charge < -0.3 is 4.74 Å². The Morgan fingerprint density at radius 1 is 1.23 bits per heavy atom. The smallest absolute Gasteiger partial charge is 0.381 e. The number of rotatable bonds is 7. The topological polar surface area (TPSA) is 69.4 Å². The maximum absolute atomic E-state index is 13.0. The zero-order valence-electron chi connectivity index (χ0n) is 10.3. The van der Waals surface area contributed by atoms with E-state index >= 15 is 0 Å². The molecule has 0 aromatic heterocycles. The van der Waals surface area contributed by atoms with Crippen LogP contribution in [0.4, 0.5) is 35.1 Å². The standard InChI is InChI=1S/C9H7F8NO4/c10-6(11)8(14,15)9(16,17)7(12,13)2-22-5(19)3-1-4(3)18(20)21/h3-4,6H,1-2H2. The van der Waals surface area contributed by atoms with Crippen LogP contribution in [0, 0.1) is 16.0 Å². The average molecular weight is 345 g/mol. The van der Waals surface area contributed by atoms with Crippen molar-refractivity contribution in [3.8, 4) is 0 Å². The number of nitrogens with zero attached hydrogens (tertiary/aromatic N) is 1. The van der Waals surface area contributed by atoms with Crippen LogP contribution in [0.15, 0.2) is 0 Å². The van der Waals surface area contributed by atoms with E-state index in [2.05, 4.69) is 4.74 Å². The van der Waals surface area contributed by atoms with Gasteiger partial charge in [-0.15, -0.1) is 0 Å². The summed E-state index contributed by atoms with van der Waals surface area (Å²) in [7, 11) is 0. The van der Waals surface area contributed by atoms with E-state index in [9.17, 15) is 50.0 Å². The predicted molar refractivity (Wildman–Crippen MR) is 50.7 cm³/mol. The molecule has 0 aromatic rings. The predicted octanol–water partition coefficient (Wildman–Crippen LogP) is 2.37. The molecule has 5 nitrogen and oxygen atoms in total. The first-order valence-electron chi connectivity index (χ1n) is 5.47. The molecule has 1 saturated carbocycles.